The van der Waals surface area contributed by atoms with Gasteiger partial charge in [-0.25, -0.2) is 0 Å². The molecule has 2 aromatic rings. The molecule has 24 heavy (non-hydrogen) atoms. The summed E-state index contributed by atoms with van der Waals surface area (Å²) in [5, 5.41) is 9.14. The molecule has 2 rings (SSSR count). The first-order valence-electron chi connectivity index (χ1n) is 7.63. The van der Waals surface area contributed by atoms with E-state index in [1.165, 1.54) is 0 Å². The van der Waals surface area contributed by atoms with Gasteiger partial charge in [0.25, 0.3) is 0 Å². The van der Waals surface area contributed by atoms with E-state index in [4.69, 9.17) is 19.5 Å². The highest BCUT2D eigenvalue weighted by Gasteiger charge is 2.19. The Balaban J connectivity index is 2.07. The highest BCUT2D eigenvalue weighted by atomic mass is 16.5. The SMILES string of the molecule is CCOC(=O)C(C#N)Cc1cccc(Oc2ccc(OC)cc2)c1. The van der Waals surface area contributed by atoms with Gasteiger partial charge in [0.2, 0.25) is 0 Å². The zero-order valence-corrected chi connectivity index (χ0v) is 13.7. The standard InChI is InChI=1S/C19H19NO4/c1-3-23-19(21)15(13-20)11-14-5-4-6-18(12-14)24-17-9-7-16(22-2)8-10-17/h4-10,12,15H,3,11H2,1-2H3. The summed E-state index contributed by atoms with van der Waals surface area (Å²) in [5.41, 5.74) is 0.834. The van der Waals surface area contributed by atoms with Gasteiger partial charge in [-0.2, -0.15) is 5.26 Å². The summed E-state index contributed by atoms with van der Waals surface area (Å²) < 4.78 is 15.8. The van der Waals surface area contributed by atoms with Gasteiger partial charge in [0.15, 0.2) is 0 Å². The third-order valence-corrected chi connectivity index (χ3v) is 3.36. The van der Waals surface area contributed by atoms with Gasteiger partial charge in [-0.3, -0.25) is 4.79 Å². The fourth-order valence-corrected chi connectivity index (χ4v) is 2.18. The van der Waals surface area contributed by atoms with Crippen LogP contribution in [-0.4, -0.2) is 19.7 Å². The van der Waals surface area contributed by atoms with Crippen LogP contribution in [0.25, 0.3) is 0 Å². The summed E-state index contributed by atoms with van der Waals surface area (Å²) in [5.74, 6) is 0.749. The van der Waals surface area contributed by atoms with Gasteiger partial charge >= 0.3 is 5.97 Å². The van der Waals surface area contributed by atoms with Crippen LogP contribution in [0.1, 0.15) is 12.5 Å². The number of hydrogen-bond donors (Lipinski definition) is 0. The Morgan fingerprint density at radius 3 is 2.46 bits per heavy atom. The van der Waals surface area contributed by atoms with Crippen molar-refractivity contribution in [2.45, 2.75) is 13.3 Å². The van der Waals surface area contributed by atoms with E-state index in [1.807, 2.05) is 54.6 Å². The number of ether oxygens (including phenoxy) is 3. The van der Waals surface area contributed by atoms with Crippen LogP contribution < -0.4 is 9.47 Å². The van der Waals surface area contributed by atoms with Gasteiger partial charge in [-0.1, -0.05) is 12.1 Å². The summed E-state index contributed by atoms with van der Waals surface area (Å²) in [6.45, 7) is 1.98. The molecule has 5 nitrogen and oxygen atoms in total. The van der Waals surface area contributed by atoms with E-state index in [0.717, 1.165) is 11.3 Å². The van der Waals surface area contributed by atoms with E-state index < -0.39 is 11.9 Å². The lowest BCUT2D eigenvalue weighted by Gasteiger charge is -2.10. The van der Waals surface area contributed by atoms with Gasteiger partial charge in [-0.15, -0.1) is 0 Å². The van der Waals surface area contributed by atoms with Crippen molar-refractivity contribution in [1.82, 2.24) is 0 Å². The molecule has 0 saturated carbocycles. The van der Waals surface area contributed by atoms with Crippen LogP contribution in [0.4, 0.5) is 0 Å². The van der Waals surface area contributed by atoms with Crippen LogP contribution in [0.3, 0.4) is 0 Å². The highest BCUT2D eigenvalue weighted by Crippen LogP contribution is 2.25. The molecule has 0 N–H and O–H groups in total. The van der Waals surface area contributed by atoms with E-state index in [0.29, 0.717) is 11.5 Å². The maximum atomic E-state index is 11.7. The molecule has 1 atom stereocenters. The van der Waals surface area contributed by atoms with Crippen LogP contribution in [-0.2, 0) is 16.0 Å². The van der Waals surface area contributed by atoms with Crippen molar-refractivity contribution in [3.8, 4) is 23.3 Å². The third kappa shape index (κ3) is 4.75. The molecule has 0 amide bonds. The predicted molar refractivity (Wildman–Crippen MR) is 89.0 cm³/mol. The summed E-state index contributed by atoms with van der Waals surface area (Å²) >= 11 is 0. The lowest BCUT2D eigenvalue weighted by molar-refractivity contribution is -0.145. The Morgan fingerprint density at radius 2 is 1.83 bits per heavy atom. The minimum Gasteiger partial charge on any atom is -0.497 e. The van der Waals surface area contributed by atoms with Crippen molar-refractivity contribution < 1.29 is 19.0 Å². The molecular formula is C19H19NO4. The van der Waals surface area contributed by atoms with Gasteiger partial charge in [0, 0.05) is 0 Å². The Kier molecular flexibility index (Phi) is 6.21. The zero-order valence-electron chi connectivity index (χ0n) is 13.7. The number of nitrogens with zero attached hydrogens (tertiary/aromatic N) is 1. The maximum absolute atomic E-state index is 11.7. The summed E-state index contributed by atoms with van der Waals surface area (Å²) in [6, 6.07) is 16.5. The molecule has 0 aliphatic carbocycles. The Bertz CT molecular complexity index is 719. The number of rotatable bonds is 7. The van der Waals surface area contributed by atoms with Crippen molar-refractivity contribution in [2.24, 2.45) is 5.92 Å². The van der Waals surface area contributed by atoms with Crippen molar-refractivity contribution in [2.75, 3.05) is 13.7 Å². The molecule has 5 heteroatoms. The normalized spacial score (nSPS) is 11.2. The minimum atomic E-state index is -0.818. The van der Waals surface area contributed by atoms with Crippen molar-refractivity contribution in [3.63, 3.8) is 0 Å². The number of carbonyl (C=O) groups excluding carboxylic acids is 1. The quantitative estimate of drug-likeness (QED) is 0.726. The molecule has 0 aromatic heterocycles. The number of esters is 1. The summed E-state index contributed by atoms with van der Waals surface area (Å²) in [7, 11) is 1.61. The Morgan fingerprint density at radius 1 is 1.12 bits per heavy atom. The Hall–Kier alpha value is -3.00. The van der Waals surface area contributed by atoms with Crippen LogP contribution in [0, 0.1) is 17.2 Å². The van der Waals surface area contributed by atoms with Gasteiger partial charge in [-0.05, 0) is 55.3 Å². The number of carbonyl (C=O) groups is 1. The molecule has 0 bridgehead atoms. The average molecular weight is 325 g/mol. The van der Waals surface area contributed by atoms with E-state index in [-0.39, 0.29) is 13.0 Å². The minimum absolute atomic E-state index is 0.262. The topological polar surface area (TPSA) is 68.6 Å². The van der Waals surface area contributed by atoms with Crippen molar-refractivity contribution >= 4 is 5.97 Å². The monoisotopic (exact) mass is 325 g/mol. The van der Waals surface area contributed by atoms with Crippen LogP contribution in [0.5, 0.6) is 17.2 Å². The number of nitriles is 1. The number of benzene rings is 2. The average Bonchev–Trinajstić information content (AvgIpc) is 2.61. The van der Waals surface area contributed by atoms with Gasteiger partial charge < -0.3 is 14.2 Å². The summed E-state index contributed by atoms with van der Waals surface area (Å²) in [6.07, 6.45) is 0.287. The summed E-state index contributed by atoms with van der Waals surface area (Å²) in [4.78, 5) is 11.7. The van der Waals surface area contributed by atoms with E-state index in [2.05, 4.69) is 0 Å². The Labute approximate surface area is 141 Å². The zero-order chi connectivity index (χ0) is 17.4. The molecule has 2 aromatic carbocycles. The lowest BCUT2D eigenvalue weighted by atomic mass is 10.0. The van der Waals surface area contributed by atoms with Gasteiger partial charge in [0.05, 0.1) is 19.8 Å². The highest BCUT2D eigenvalue weighted by molar-refractivity contribution is 5.75. The molecule has 0 aliphatic rings. The second-order valence-electron chi connectivity index (χ2n) is 5.06. The van der Waals surface area contributed by atoms with Gasteiger partial charge in [0.1, 0.15) is 23.2 Å². The molecule has 0 fully saturated rings. The van der Waals surface area contributed by atoms with Crippen molar-refractivity contribution in [1.29, 1.82) is 5.26 Å². The molecule has 124 valence electrons. The van der Waals surface area contributed by atoms with Crippen LogP contribution >= 0.6 is 0 Å². The first-order valence-corrected chi connectivity index (χ1v) is 7.63. The molecule has 0 saturated heterocycles. The maximum Gasteiger partial charge on any atom is 0.323 e. The number of hydrogen-bond acceptors (Lipinski definition) is 5. The van der Waals surface area contributed by atoms with E-state index in [1.54, 1.807) is 14.0 Å². The molecule has 0 radical (unpaired) electrons. The fraction of sp³-hybridized carbons (Fsp3) is 0.263. The predicted octanol–water partition coefficient (Wildman–Crippen LogP) is 3.73. The van der Waals surface area contributed by atoms with E-state index >= 15 is 0 Å². The van der Waals surface area contributed by atoms with E-state index in [9.17, 15) is 4.79 Å². The molecule has 0 aliphatic heterocycles. The molecule has 1 unspecified atom stereocenters. The largest absolute Gasteiger partial charge is 0.497 e. The fourth-order valence-electron chi connectivity index (χ4n) is 2.18. The van der Waals surface area contributed by atoms with Crippen LogP contribution in [0.2, 0.25) is 0 Å². The molecular weight excluding hydrogens is 306 g/mol. The van der Waals surface area contributed by atoms with Crippen molar-refractivity contribution in [3.05, 3.63) is 54.1 Å². The third-order valence-electron chi connectivity index (χ3n) is 3.36. The molecule has 0 heterocycles. The molecule has 0 spiro atoms. The second-order valence-corrected chi connectivity index (χ2v) is 5.06. The number of methoxy groups -OCH3 is 1. The smallest absolute Gasteiger partial charge is 0.323 e. The van der Waals surface area contributed by atoms with Crippen LogP contribution in [0.15, 0.2) is 48.5 Å². The first-order chi connectivity index (χ1) is 11.7. The second kappa shape index (κ2) is 8.59. The lowest BCUT2D eigenvalue weighted by Crippen LogP contribution is -2.18. The first kappa shape index (κ1) is 17.4.